The van der Waals surface area contributed by atoms with Gasteiger partial charge in [-0.3, -0.25) is 4.79 Å². The average molecular weight is 292 g/mol. The maximum Gasteiger partial charge on any atom is 0.223 e. The molecule has 0 spiro atoms. The van der Waals surface area contributed by atoms with E-state index in [9.17, 15) is 4.79 Å². The van der Waals surface area contributed by atoms with Gasteiger partial charge in [-0.15, -0.1) is 0 Å². The third-order valence-corrected chi connectivity index (χ3v) is 3.90. The minimum absolute atomic E-state index is 0.0489. The van der Waals surface area contributed by atoms with E-state index in [0.29, 0.717) is 25.7 Å². The van der Waals surface area contributed by atoms with E-state index < -0.39 is 0 Å². The molecule has 0 aromatic heterocycles. The van der Waals surface area contributed by atoms with Gasteiger partial charge in [-0.05, 0) is 25.1 Å². The Balaban J connectivity index is 1.85. The molecule has 5 nitrogen and oxygen atoms in total. The maximum absolute atomic E-state index is 12.1. The number of methoxy groups -OCH3 is 1. The summed E-state index contributed by atoms with van der Waals surface area (Å²) in [5.41, 5.74) is 0.987. The van der Waals surface area contributed by atoms with E-state index in [4.69, 9.17) is 9.47 Å². The lowest BCUT2D eigenvalue weighted by Gasteiger charge is -2.31. The first-order valence-electron chi connectivity index (χ1n) is 7.40. The number of hydrogen-bond donors (Lipinski definition) is 2. The second-order valence-corrected chi connectivity index (χ2v) is 5.37. The van der Waals surface area contributed by atoms with Crippen LogP contribution in [0.3, 0.4) is 0 Å². The normalized spacial score (nSPS) is 16.1. The predicted octanol–water partition coefficient (Wildman–Crippen LogP) is 1.18. The minimum atomic E-state index is 0.0489. The van der Waals surface area contributed by atoms with Crippen LogP contribution in [0.25, 0.3) is 0 Å². The van der Waals surface area contributed by atoms with Gasteiger partial charge >= 0.3 is 0 Å². The van der Waals surface area contributed by atoms with E-state index in [2.05, 4.69) is 10.6 Å². The van der Waals surface area contributed by atoms with Crippen LogP contribution in [0.15, 0.2) is 24.3 Å². The first-order chi connectivity index (χ1) is 10.2. The molecule has 1 aliphatic heterocycles. The van der Waals surface area contributed by atoms with Gasteiger partial charge in [-0.2, -0.15) is 0 Å². The average Bonchev–Trinajstić information content (AvgIpc) is 2.44. The van der Waals surface area contributed by atoms with Crippen LogP contribution in [0.2, 0.25) is 0 Å². The van der Waals surface area contributed by atoms with Crippen molar-refractivity contribution in [3.8, 4) is 5.75 Å². The van der Waals surface area contributed by atoms with Crippen molar-refractivity contribution in [2.24, 2.45) is 11.8 Å². The Morgan fingerprint density at radius 3 is 2.81 bits per heavy atom. The van der Waals surface area contributed by atoms with Crippen LogP contribution >= 0.6 is 0 Å². The molecule has 1 heterocycles. The van der Waals surface area contributed by atoms with Gasteiger partial charge in [-0.1, -0.05) is 25.1 Å². The summed E-state index contributed by atoms with van der Waals surface area (Å²) in [7, 11) is 1.65. The summed E-state index contributed by atoms with van der Waals surface area (Å²) in [5.74, 6) is 1.41. The van der Waals surface area contributed by atoms with Gasteiger partial charge in [-0.25, -0.2) is 0 Å². The van der Waals surface area contributed by atoms with E-state index in [1.165, 1.54) is 0 Å². The van der Waals surface area contributed by atoms with Crippen LogP contribution in [-0.4, -0.2) is 39.3 Å². The number of benzene rings is 1. The molecule has 5 heteroatoms. The Morgan fingerprint density at radius 1 is 1.38 bits per heavy atom. The number of amides is 1. The van der Waals surface area contributed by atoms with Gasteiger partial charge in [0, 0.05) is 25.1 Å². The predicted molar refractivity (Wildman–Crippen MR) is 81.2 cm³/mol. The minimum Gasteiger partial charge on any atom is -0.491 e. The van der Waals surface area contributed by atoms with Crippen molar-refractivity contribution in [1.82, 2.24) is 10.6 Å². The molecule has 1 amide bonds. The van der Waals surface area contributed by atoms with Gasteiger partial charge in [0.05, 0.1) is 6.61 Å². The molecule has 0 bridgehead atoms. The highest BCUT2D eigenvalue weighted by Gasteiger charge is 2.28. The lowest BCUT2D eigenvalue weighted by molar-refractivity contribution is -0.126. The largest absolute Gasteiger partial charge is 0.491 e. The van der Waals surface area contributed by atoms with Crippen LogP contribution in [0.4, 0.5) is 0 Å². The molecule has 2 rings (SSSR count). The summed E-state index contributed by atoms with van der Waals surface area (Å²) >= 11 is 0. The summed E-state index contributed by atoms with van der Waals surface area (Å²) in [6.45, 7) is 5.41. The van der Waals surface area contributed by atoms with Crippen LogP contribution in [0.1, 0.15) is 12.5 Å². The fourth-order valence-electron chi connectivity index (χ4n) is 2.25. The van der Waals surface area contributed by atoms with E-state index >= 15 is 0 Å². The Morgan fingerprint density at radius 2 is 2.14 bits per heavy atom. The van der Waals surface area contributed by atoms with Crippen LogP contribution in [0, 0.1) is 11.8 Å². The highest BCUT2D eigenvalue weighted by Crippen LogP contribution is 2.19. The van der Waals surface area contributed by atoms with Gasteiger partial charge < -0.3 is 20.1 Å². The topological polar surface area (TPSA) is 59.6 Å². The third kappa shape index (κ3) is 4.44. The van der Waals surface area contributed by atoms with Crippen molar-refractivity contribution in [3.05, 3.63) is 29.8 Å². The highest BCUT2D eigenvalue weighted by atomic mass is 16.5. The fourth-order valence-corrected chi connectivity index (χ4v) is 2.25. The molecule has 1 aromatic rings. The van der Waals surface area contributed by atoms with E-state index in [1.54, 1.807) is 7.11 Å². The zero-order valence-electron chi connectivity index (χ0n) is 12.7. The molecule has 0 saturated carbocycles. The molecule has 0 radical (unpaired) electrons. The van der Waals surface area contributed by atoms with E-state index in [0.717, 1.165) is 24.4 Å². The quantitative estimate of drug-likeness (QED) is 0.707. The standard InChI is InChI=1S/C16H24N2O3/c1-12(14-9-17-10-14)16(19)18-11-13-5-3-4-6-15(13)21-8-7-20-2/h3-6,12,14,17H,7-11H2,1-2H3,(H,18,19). The molecular weight excluding hydrogens is 268 g/mol. The lowest BCUT2D eigenvalue weighted by atomic mass is 9.88. The lowest BCUT2D eigenvalue weighted by Crippen LogP contribution is -2.49. The zero-order valence-corrected chi connectivity index (χ0v) is 12.7. The molecule has 1 saturated heterocycles. The Kier molecular flexibility index (Phi) is 6.02. The summed E-state index contributed by atoms with van der Waals surface area (Å²) in [6, 6.07) is 7.76. The summed E-state index contributed by atoms with van der Waals surface area (Å²) in [5, 5.41) is 6.20. The number of ether oxygens (including phenoxy) is 2. The van der Waals surface area contributed by atoms with Gasteiger partial charge in [0.2, 0.25) is 5.91 Å². The second kappa shape index (κ2) is 8.00. The molecular formula is C16H24N2O3. The number of hydrogen-bond acceptors (Lipinski definition) is 4. The van der Waals surface area contributed by atoms with E-state index in [1.807, 2.05) is 31.2 Å². The van der Waals surface area contributed by atoms with Gasteiger partial charge in [0.15, 0.2) is 0 Å². The molecule has 1 unspecified atom stereocenters. The number of carbonyl (C=O) groups excluding carboxylic acids is 1. The number of rotatable bonds is 8. The first kappa shape index (κ1) is 15.8. The summed E-state index contributed by atoms with van der Waals surface area (Å²) in [4.78, 5) is 12.1. The monoisotopic (exact) mass is 292 g/mol. The van der Waals surface area contributed by atoms with Gasteiger partial charge in [0.25, 0.3) is 0 Å². The SMILES string of the molecule is COCCOc1ccccc1CNC(=O)C(C)C1CNC1. The van der Waals surface area contributed by atoms with Gasteiger partial charge in [0.1, 0.15) is 12.4 Å². The second-order valence-electron chi connectivity index (χ2n) is 5.37. The maximum atomic E-state index is 12.1. The van der Waals surface area contributed by atoms with Crippen LogP contribution in [0.5, 0.6) is 5.75 Å². The van der Waals surface area contributed by atoms with Crippen molar-refractivity contribution >= 4 is 5.91 Å². The van der Waals surface area contributed by atoms with Crippen molar-refractivity contribution in [2.75, 3.05) is 33.4 Å². The van der Waals surface area contributed by atoms with Crippen LogP contribution in [-0.2, 0) is 16.1 Å². The zero-order chi connectivity index (χ0) is 15.1. The van der Waals surface area contributed by atoms with Crippen molar-refractivity contribution in [1.29, 1.82) is 0 Å². The Bertz CT molecular complexity index is 461. The third-order valence-electron chi connectivity index (χ3n) is 3.90. The van der Waals surface area contributed by atoms with Crippen molar-refractivity contribution in [2.45, 2.75) is 13.5 Å². The number of carbonyl (C=O) groups is 1. The summed E-state index contributed by atoms with van der Waals surface area (Å²) < 4.78 is 10.6. The Labute approximate surface area is 126 Å². The highest BCUT2D eigenvalue weighted by molar-refractivity contribution is 5.78. The number of nitrogens with one attached hydrogen (secondary N) is 2. The van der Waals surface area contributed by atoms with Crippen LogP contribution < -0.4 is 15.4 Å². The Hall–Kier alpha value is -1.59. The molecule has 1 aromatic carbocycles. The first-order valence-corrected chi connectivity index (χ1v) is 7.40. The van der Waals surface area contributed by atoms with Crippen molar-refractivity contribution in [3.63, 3.8) is 0 Å². The summed E-state index contributed by atoms with van der Waals surface area (Å²) in [6.07, 6.45) is 0. The molecule has 21 heavy (non-hydrogen) atoms. The number of para-hydroxylation sites is 1. The smallest absolute Gasteiger partial charge is 0.223 e. The molecule has 0 aliphatic carbocycles. The fraction of sp³-hybridized carbons (Fsp3) is 0.562. The molecule has 1 aliphatic rings. The van der Waals surface area contributed by atoms with E-state index in [-0.39, 0.29) is 11.8 Å². The molecule has 1 fully saturated rings. The van der Waals surface area contributed by atoms with Crippen molar-refractivity contribution < 1.29 is 14.3 Å². The molecule has 116 valence electrons. The molecule has 2 N–H and O–H groups in total. The molecule has 1 atom stereocenters.